The highest BCUT2D eigenvalue weighted by Crippen LogP contribution is 2.35. The molecule has 1 atom stereocenters. The summed E-state index contributed by atoms with van der Waals surface area (Å²) in [7, 11) is 0. The van der Waals surface area contributed by atoms with E-state index in [4.69, 9.17) is 11.5 Å². The second-order valence-electron chi connectivity index (χ2n) is 5.55. The molecule has 0 radical (unpaired) electrons. The van der Waals surface area contributed by atoms with Crippen molar-refractivity contribution in [1.29, 1.82) is 0 Å². The lowest BCUT2D eigenvalue weighted by molar-refractivity contribution is -0.138. The van der Waals surface area contributed by atoms with Crippen LogP contribution < -0.4 is 21.7 Å². The predicted molar refractivity (Wildman–Crippen MR) is 85.3 cm³/mol. The summed E-state index contributed by atoms with van der Waals surface area (Å²) in [4.78, 5) is 9.78. The Balaban J connectivity index is 1.89. The minimum atomic E-state index is -4.40. The van der Waals surface area contributed by atoms with Crippen LogP contribution >= 0.6 is 0 Å². The molecule has 24 heavy (non-hydrogen) atoms. The molecule has 0 spiro atoms. The third kappa shape index (κ3) is 3.35. The van der Waals surface area contributed by atoms with Crippen LogP contribution in [0.2, 0.25) is 0 Å². The first-order chi connectivity index (χ1) is 11.3. The number of nitrogens with zero attached hydrogens (tertiary/aromatic N) is 3. The van der Waals surface area contributed by atoms with Crippen LogP contribution in [0.1, 0.15) is 17.2 Å². The monoisotopic (exact) mass is 338 g/mol. The van der Waals surface area contributed by atoms with E-state index in [-0.39, 0.29) is 17.3 Å². The summed E-state index contributed by atoms with van der Waals surface area (Å²) in [6.07, 6.45) is -4.40. The van der Waals surface area contributed by atoms with Gasteiger partial charge in [0.1, 0.15) is 11.6 Å². The fraction of sp³-hybridized carbons (Fsp3) is 0.333. The van der Waals surface area contributed by atoms with Crippen molar-refractivity contribution in [2.75, 3.05) is 36.0 Å². The molecule has 0 amide bonds. The Labute approximate surface area is 136 Å². The first kappa shape index (κ1) is 16.3. The number of anilines is 3. The Hall–Kier alpha value is -2.55. The summed E-state index contributed by atoms with van der Waals surface area (Å²) in [5.41, 5.74) is 10.9. The summed E-state index contributed by atoms with van der Waals surface area (Å²) in [6, 6.07) is 6.66. The lowest BCUT2D eigenvalue weighted by atomic mass is 9.98. The summed E-state index contributed by atoms with van der Waals surface area (Å²) in [6.45, 7) is 1.42. The van der Waals surface area contributed by atoms with Gasteiger partial charge in [0.25, 0.3) is 0 Å². The van der Waals surface area contributed by atoms with E-state index in [9.17, 15) is 13.2 Å². The number of piperazine rings is 1. The molecular weight excluding hydrogens is 321 g/mol. The average Bonchev–Trinajstić information content (AvgIpc) is 2.53. The third-order valence-corrected chi connectivity index (χ3v) is 3.89. The van der Waals surface area contributed by atoms with Gasteiger partial charge in [-0.2, -0.15) is 23.1 Å². The van der Waals surface area contributed by atoms with Gasteiger partial charge >= 0.3 is 6.18 Å². The second-order valence-corrected chi connectivity index (χ2v) is 5.55. The maximum atomic E-state index is 13.2. The highest BCUT2D eigenvalue weighted by molar-refractivity contribution is 5.51. The number of nitrogens with one attached hydrogen (secondary N) is 1. The van der Waals surface area contributed by atoms with Gasteiger partial charge in [0.15, 0.2) is 0 Å². The Morgan fingerprint density at radius 1 is 1.17 bits per heavy atom. The number of nitrogens with two attached hydrogens (primary N) is 2. The van der Waals surface area contributed by atoms with Crippen LogP contribution in [0.5, 0.6) is 0 Å². The molecule has 2 heterocycles. The molecular formula is C15H17F3N6. The minimum Gasteiger partial charge on any atom is -0.383 e. The molecule has 9 heteroatoms. The molecule has 1 saturated heterocycles. The Morgan fingerprint density at radius 3 is 2.62 bits per heavy atom. The summed E-state index contributed by atoms with van der Waals surface area (Å²) < 4.78 is 39.7. The molecule has 0 bridgehead atoms. The molecule has 128 valence electrons. The molecule has 2 aromatic rings. The quantitative estimate of drug-likeness (QED) is 0.773. The summed E-state index contributed by atoms with van der Waals surface area (Å²) in [5, 5.41) is 3.13. The third-order valence-electron chi connectivity index (χ3n) is 3.89. The fourth-order valence-electron chi connectivity index (χ4n) is 2.86. The van der Waals surface area contributed by atoms with Gasteiger partial charge in [0.2, 0.25) is 5.95 Å². The molecule has 1 aliphatic rings. The van der Waals surface area contributed by atoms with Crippen LogP contribution in [-0.4, -0.2) is 29.6 Å². The zero-order valence-corrected chi connectivity index (χ0v) is 12.7. The number of rotatable bonds is 2. The van der Waals surface area contributed by atoms with Crippen LogP contribution in [0.3, 0.4) is 0 Å². The predicted octanol–water partition coefficient (Wildman–Crippen LogP) is 1.81. The highest BCUT2D eigenvalue weighted by Gasteiger charge is 2.36. The highest BCUT2D eigenvalue weighted by atomic mass is 19.4. The minimum absolute atomic E-state index is 0.0378. The van der Waals surface area contributed by atoms with Crippen molar-refractivity contribution < 1.29 is 13.2 Å². The molecule has 1 unspecified atom stereocenters. The van der Waals surface area contributed by atoms with Gasteiger partial charge in [0, 0.05) is 25.7 Å². The zero-order chi connectivity index (χ0) is 17.3. The van der Waals surface area contributed by atoms with E-state index in [1.165, 1.54) is 12.1 Å². The van der Waals surface area contributed by atoms with Crippen LogP contribution in [0.15, 0.2) is 30.3 Å². The Morgan fingerprint density at radius 2 is 1.92 bits per heavy atom. The second kappa shape index (κ2) is 6.16. The molecule has 1 aromatic heterocycles. The van der Waals surface area contributed by atoms with Crippen LogP contribution in [-0.2, 0) is 6.18 Å². The largest absolute Gasteiger partial charge is 0.416 e. The molecule has 0 aliphatic carbocycles. The zero-order valence-electron chi connectivity index (χ0n) is 12.7. The van der Waals surface area contributed by atoms with Crippen molar-refractivity contribution in [1.82, 2.24) is 15.3 Å². The number of hydrogen-bond donors (Lipinski definition) is 3. The lowest BCUT2D eigenvalue weighted by Gasteiger charge is -2.35. The van der Waals surface area contributed by atoms with Gasteiger partial charge in [-0.15, -0.1) is 0 Å². The molecule has 5 N–H and O–H groups in total. The normalized spacial score (nSPS) is 18.6. The standard InChI is InChI=1S/C15H17F3N6/c16-15(17,18)10-4-2-1-3-9(10)11-8-24(6-5-21-11)13-7-12(19)22-14(20)23-13/h1-4,7,11,21H,5-6,8H2,(H4,19,20,22,23). The molecule has 0 saturated carbocycles. The van der Waals surface area contributed by atoms with E-state index in [1.54, 1.807) is 12.1 Å². The van der Waals surface area contributed by atoms with Crippen molar-refractivity contribution in [3.63, 3.8) is 0 Å². The molecule has 1 aromatic carbocycles. The van der Waals surface area contributed by atoms with Crippen LogP contribution in [0.25, 0.3) is 0 Å². The van der Waals surface area contributed by atoms with Crippen molar-refractivity contribution in [3.05, 3.63) is 41.5 Å². The van der Waals surface area contributed by atoms with Crippen LogP contribution in [0.4, 0.5) is 30.8 Å². The molecule has 6 nitrogen and oxygen atoms in total. The van der Waals surface area contributed by atoms with E-state index < -0.39 is 17.8 Å². The summed E-state index contributed by atoms with van der Waals surface area (Å²) in [5.74, 6) is 0.773. The van der Waals surface area contributed by atoms with Crippen molar-refractivity contribution in [3.8, 4) is 0 Å². The lowest BCUT2D eigenvalue weighted by Crippen LogP contribution is -2.46. The number of halogens is 3. The van der Waals surface area contributed by atoms with Gasteiger partial charge in [0.05, 0.1) is 11.6 Å². The van der Waals surface area contributed by atoms with Gasteiger partial charge in [-0.3, -0.25) is 0 Å². The summed E-state index contributed by atoms with van der Waals surface area (Å²) >= 11 is 0. The maximum Gasteiger partial charge on any atom is 0.416 e. The first-order valence-corrected chi connectivity index (χ1v) is 7.39. The van der Waals surface area contributed by atoms with Crippen molar-refractivity contribution >= 4 is 17.6 Å². The maximum absolute atomic E-state index is 13.2. The van der Waals surface area contributed by atoms with Crippen molar-refractivity contribution in [2.45, 2.75) is 12.2 Å². The van der Waals surface area contributed by atoms with Gasteiger partial charge in [-0.25, -0.2) is 0 Å². The van der Waals surface area contributed by atoms with E-state index >= 15 is 0 Å². The number of alkyl halides is 3. The molecule has 1 fully saturated rings. The SMILES string of the molecule is Nc1cc(N2CCNC(c3ccccc3C(F)(F)F)C2)nc(N)n1. The number of hydrogen-bond acceptors (Lipinski definition) is 6. The molecule has 1 aliphatic heterocycles. The van der Waals surface area contributed by atoms with E-state index in [2.05, 4.69) is 15.3 Å². The smallest absolute Gasteiger partial charge is 0.383 e. The number of aromatic nitrogens is 2. The Kier molecular flexibility index (Phi) is 4.18. The Bertz CT molecular complexity index is 713. The van der Waals surface area contributed by atoms with E-state index in [0.717, 1.165) is 6.07 Å². The van der Waals surface area contributed by atoms with Crippen molar-refractivity contribution in [2.24, 2.45) is 0 Å². The van der Waals surface area contributed by atoms with Gasteiger partial charge in [-0.1, -0.05) is 18.2 Å². The average molecular weight is 338 g/mol. The van der Waals surface area contributed by atoms with E-state index in [0.29, 0.717) is 25.5 Å². The van der Waals surface area contributed by atoms with Gasteiger partial charge < -0.3 is 21.7 Å². The number of nitrogen functional groups attached to an aromatic ring is 2. The van der Waals surface area contributed by atoms with Gasteiger partial charge in [-0.05, 0) is 11.6 Å². The number of benzene rings is 1. The molecule has 3 rings (SSSR count). The first-order valence-electron chi connectivity index (χ1n) is 7.39. The van der Waals surface area contributed by atoms with E-state index in [1.807, 2.05) is 4.90 Å². The topological polar surface area (TPSA) is 93.1 Å². The van der Waals surface area contributed by atoms with Crippen LogP contribution in [0, 0.1) is 0 Å². The fourth-order valence-corrected chi connectivity index (χ4v) is 2.86.